The van der Waals surface area contributed by atoms with Crippen LogP contribution in [0.25, 0.3) is 0 Å². The van der Waals surface area contributed by atoms with Gasteiger partial charge in [-0.2, -0.15) is 0 Å². The first kappa shape index (κ1) is 35.1. The van der Waals surface area contributed by atoms with Crippen molar-refractivity contribution < 1.29 is 31.0 Å². The standard InChI is InChI=1S/C16H26N2.C16H24N2.B.Na.H/c2*1-13-4-9-16(17-12-13)15-7-5-14(6-8-15)10-11-18(2)3;;;/h5-8,13,16-17H,4,9-12H2,1-3H3;5-8,13H,4,9-12H2,1-3H3;;;/q;;;+1;-1/t13-,16+;13-;;;/m00.../s1. The van der Waals surface area contributed by atoms with Gasteiger partial charge in [-0.05, 0) is 107 Å². The van der Waals surface area contributed by atoms with Crippen LogP contribution in [0.4, 0.5) is 0 Å². The van der Waals surface area contributed by atoms with Crippen LogP contribution in [0.5, 0.6) is 0 Å². The number of hydrogen-bond acceptors (Lipinski definition) is 4. The van der Waals surface area contributed by atoms with Gasteiger partial charge in [0.25, 0.3) is 0 Å². The van der Waals surface area contributed by atoms with Crippen molar-refractivity contribution in [2.24, 2.45) is 16.8 Å². The molecule has 6 heteroatoms. The fourth-order valence-electron chi connectivity index (χ4n) is 4.82. The van der Waals surface area contributed by atoms with E-state index in [2.05, 4.69) is 106 Å². The Bertz CT molecular complexity index is 926. The summed E-state index contributed by atoms with van der Waals surface area (Å²) in [6.45, 7) is 9.00. The summed E-state index contributed by atoms with van der Waals surface area (Å²) < 4.78 is 0. The van der Waals surface area contributed by atoms with Crippen LogP contribution in [0.2, 0.25) is 0 Å². The summed E-state index contributed by atoms with van der Waals surface area (Å²) in [5.74, 6) is 1.59. The molecule has 0 aromatic heterocycles. The quantitative estimate of drug-likeness (QED) is 0.538. The van der Waals surface area contributed by atoms with Gasteiger partial charge >= 0.3 is 29.6 Å². The number of piperidine rings is 1. The summed E-state index contributed by atoms with van der Waals surface area (Å²) in [7, 11) is 8.49. The number of likely N-dealkylation sites (N-methyl/N-ethyl adjacent to an activating group) is 2. The van der Waals surface area contributed by atoms with Gasteiger partial charge in [-0.1, -0.05) is 62.4 Å². The van der Waals surface area contributed by atoms with Gasteiger partial charge in [-0.25, -0.2) is 0 Å². The Hall–Kier alpha value is -0.945. The van der Waals surface area contributed by atoms with Crippen molar-refractivity contribution >= 4 is 14.1 Å². The van der Waals surface area contributed by atoms with Gasteiger partial charge in [-0.3, -0.25) is 4.99 Å². The number of rotatable bonds is 8. The Kier molecular flexibility index (Phi) is 17.0. The molecule has 0 unspecified atom stereocenters. The van der Waals surface area contributed by atoms with Crippen LogP contribution in [0.3, 0.4) is 0 Å². The normalized spacial score (nSPS) is 21.1. The third kappa shape index (κ3) is 12.5. The Morgan fingerprint density at radius 2 is 1.34 bits per heavy atom. The molecule has 38 heavy (non-hydrogen) atoms. The number of hydrogen-bond donors (Lipinski definition) is 1. The van der Waals surface area contributed by atoms with Crippen molar-refractivity contribution in [3.05, 3.63) is 70.8 Å². The summed E-state index contributed by atoms with van der Waals surface area (Å²) in [6.07, 6.45) is 7.30. The third-order valence-electron chi connectivity index (χ3n) is 7.49. The molecular weight excluding hydrogens is 474 g/mol. The molecule has 1 N–H and O–H groups in total. The number of aliphatic imine (C=N–C) groups is 1. The molecule has 0 amide bonds. The second-order valence-corrected chi connectivity index (χ2v) is 11.6. The minimum Gasteiger partial charge on any atom is -1.00 e. The van der Waals surface area contributed by atoms with Gasteiger partial charge in [-0.15, -0.1) is 0 Å². The molecule has 1 fully saturated rings. The Labute approximate surface area is 259 Å². The molecule has 1 saturated heterocycles. The van der Waals surface area contributed by atoms with E-state index in [1.807, 2.05) is 0 Å². The van der Waals surface area contributed by atoms with Crippen molar-refractivity contribution in [3.63, 3.8) is 0 Å². The fourth-order valence-corrected chi connectivity index (χ4v) is 4.82. The van der Waals surface area contributed by atoms with E-state index < -0.39 is 0 Å². The van der Waals surface area contributed by atoms with E-state index in [1.54, 1.807) is 0 Å². The smallest absolute Gasteiger partial charge is 1.00 e. The van der Waals surface area contributed by atoms with Crippen molar-refractivity contribution in [3.8, 4) is 0 Å². The number of benzene rings is 2. The molecule has 0 saturated carbocycles. The predicted molar refractivity (Wildman–Crippen MR) is 163 cm³/mol. The monoisotopic (exact) mass is 525 g/mol. The van der Waals surface area contributed by atoms with E-state index in [-0.39, 0.29) is 39.4 Å². The molecule has 4 nitrogen and oxygen atoms in total. The van der Waals surface area contributed by atoms with Crippen LogP contribution >= 0.6 is 0 Å². The van der Waals surface area contributed by atoms with Crippen LogP contribution in [-0.2, 0) is 12.8 Å². The zero-order valence-electron chi connectivity index (χ0n) is 26.3. The van der Waals surface area contributed by atoms with Gasteiger partial charge < -0.3 is 16.5 Å². The summed E-state index contributed by atoms with van der Waals surface area (Å²) in [5.41, 5.74) is 6.92. The van der Waals surface area contributed by atoms with Crippen LogP contribution in [0, 0.1) is 11.8 Å². The van der Waals surface area contributed by atoms with Crippen molar-refractivity contribution in [2.75, 3.05) is 54.4 Å². The fraction of sp³-hybridized carbons (Fsp3) is 0.594. The molecule has 2 aliphatic heterocycles. The molecule has 203 valence electrons. The van der Waals surface area contributed by atoms with E-state index in [9.17, 15) is 0 Å². The number of nitrogens with zero attached hydrogens (tertiary/aromatic N) is 3. The van der Waals surface area contributed by atoms with Gasteiger partial charge in [0.05, 0.1) is 0 Å². The van der Waals surface area contributed by atoms with E-state index in [0.717, 1.165) is 57.3 Å². The maximum atomic E-state index is 4.69. The summed E-state index contributed by atoms with van der Waals surface area (Å²) >= 11 is 0. The minimum absolute atomic E-state index is 0. The van der Waals surface area contributed by atoms with Crippen LogP contribution in [-0.4, -0.2) is 78.3 Å². The Morgan fingerprint density at radius 3 is 1.79 bits per heavy atom. The molecule has 2 aromatic carbocycles. The van der Waals surface area contributed by atoms with Gasteiger partial charge in [0.1, 0.15) is 0 Å². The molecule has 0 aliphatic carbocycles. The molecular formula is C32H51BN4Na. The first-order chi connectivity index (χ1) is 17.3. The molecule has 3 radical (unpaired) electrons. The van der Waals surface area contributed by atoms with Crippen molar-refractivity contribution in [2.45, 2.75) is 58.4 Å². The largest absolute Gasteiger partial charge is 1.00 e. The second kappa shape index (κ2) is 18.4. The SMILES string of the molecule is C[C@H]1CCC(c2ccc(CCN(C)C)cc2)=NC1.C[C@H]1CC[C@H](c2ccc(CCN(C)C)cc2)NC1.[B].[H-].[Na+]. The van der Waals surface area contributed by atoms with Gasteiger partial charge in [0.15, 0.2) is 0 Å². The molecule has 3 atom stereocenters. The van der Waals surface area contributed by atoms with Gasteiger partial charge in [0.2, 0.25) is 0 Å². The summed E-state index contributed by atoms with van der Waals surface area (Å²) in [6, 6.07) is 18.7. The minimum atomic E-state index is 0. The third-order valence-corrected chi connectivity index (χ3v) is 7.49. The van der Waals surface area contributed by atoms with E-state index in [4.69, 9.17) is 4.99 Å². The van der Waals surface area contributed by atoms with Crippen molar-refractivity contribution in [1.29, 1.82) is 0 Å². The molecule has 0 bridgehead atoms. The van der Waals surface area contributed by atoms with E-state index in [0.29, 0.717) is 6.04 Å². The Morgan fingerprint density at radius 1 is 0.789 bits per heavy atom. The molecule has 0 spiro atoms. The first-order valence-corrected chi connectivity index (χ1v) is 14.0. The zero-order valence-corrected chi connectivity index (χ0v) is 27.3. The van der Waals surface area contributed by atoms with Crippen LogP contribution in [0.15, 0.2) is 53.5 Å². The maximum Gasteiger partial charge on any atom is 1.00 e. The van der Waals surface area contributed by atoms with Gasteiger partial charge in [0, 0.05) is 39.8 Å². The zero-order chi connectivity index (χ0) is 25.9. The summed E-state index contributed by atoms with van der Waals surface area (Å²) in [4.78, 5) is 9.15. The van der Waals surface area contributed by atoms with E-state index in [1.165, 1.54) is 47.2 Å². The molecule has 4 rings (SSSR count). The second-order valence-electron chi connectivity index (χ2n) is 11.6. The molecule has 2 aromatic rings. The van der Waals surface area contributed by atoms with Crippen molar-refractivity contribution in [1.82, 2.24) is 15.1 Å². The summed E-state index contributed by atoms with van der Waals surface area (Å²) in [5, 5.41) is 3.65. The van der Waals surface area contributed by atoms with E-state index >= 15 is 0 Å². The molecule has 2 aliphatic rings. The molecule has 2 heterocycles. The topological polar surface area (TPSA) is 30.9 Å². The van der Waals surface area contributed by atoms with Crippen LogP contribution in [0.1, 0.15) is 69.3 Å². The Balaban J connectivity index is 0.000000688. The average Bonchev–Trinajstić information content (AvgIpc) is 2.88. The first-order valence-electron chi connectivity index (χ1n) is 14.0. The predicted octanol–water partition coefficient (Wildman–Crippen LogP) is 2.60. The number of nitrogens with one attached hydrogen (secondary N) is 1. The maximum absolute atomic E-state index is 4.69. The van der Waals surface area contributed by atoms with Crippen LogP contribution < -0.4 is 34.9 Å². The average molecular weight is 526 g/mol.